The van der Waals surface area contributed by atoms with E-state index in [1.54, 1.807) is 21.0 Å². The third-order valence-corrected chi connectivity index (χ3v) is 14.3. The summed E-state index contributed by atoms with van der Waals surface area (Å²) in [4.78, 5) is 50.9. The van der Waals surface area contributed by atoms with Crippen LogP contribution >= 0.6 is 0 Å². The molecule has 4 heterocycles. The smallest absolute Gasteiger partial charge is 0.335 e. The van der Waals surface area contributed by atoms with Crippen molar-refractivity contribution >= 4 is 45.5 Å². The number of hydrogen-bond acceptors (Lipinski definition) is 7. The van der Waals surface area contributed by atoms with Crippen LogP contribution in [0.15, 0.2) is 73.1 Å². The van der Waals surface area contributed by atoms with Crippen LogP contribution in [-0.4, -0.2) is 94.4 Å². The topological polar surface area (TPSA) is 185 Å². The largest absolute Gasteiger partial charge is 0.478 e. The first-order valence-corrected chi connectivity index (χ1v) is 23.4. The molecule has 6 aromatic rings. The molecular formula is C52H62N8O5. The lowest BCUT2D eigenvalue weighted by Gasteiger charge is -2.33. The van der Waals surface area contributed by atoms with Crippen molar-refractivity contribution in [2.24, 2.45) is 0 Å². The highest BCUT2D eigenvalue weighted by molar-refractivity contribution is 6.02. The molecule has 2 aromatic heterocycles. The zero-order valence-electron chi connectivity index (χ0n) is 38.1. The number of H-pyrrole nitrogens is 2. The van der Waals surface area contributed by atoms with Gasteiger partial charge in [0.2, 0.25) is 0 Å². The molecule has 4 aromatic carbocycles. The number of likely N-dealkylation sites (tertiary alicyclic amines) is 1. The van der Waals surface area contributed by atoms with Crippen molar-refractivity contribution in [2.75, 3.05) is 40.3 Å². The van der Waals surface area contributed by atoms with Gasteiger partial charge in [-0.25, -0.2) is 4.79 Å². The molecule has 13 nitrogen and oxygen atoms in total. The molecule has 2 aliphatic heterocycles. The molecule has 2 saturated heterocycles. The standard InChI is InChI=1S/C26H30N4O2.C14H17NO3.C12H15N3/c1-16-12-22(18-4-3-5-18)23(25(31)27-2)14-21(16)26(32)30-10-8-17(9-11-30)19-6-7-24-20(13-19)15-28-29-24;1-8-6-11(9-4-3-5-9)12(13(16)15-2)7-10(8)14(17)18;1-2-12-11(8-14-15-12)7-10(1)9-3-5-13-6-4-9/h6-7,12-15,17-18H,3-5,8-11H2,1-2H3,(H,27,31)(H,28,29);6-7,9H,3-5H2,1-2H3,(H,15,16)(H,17,18);1-2,7-9,13H,3-6H2,(H,14,15). The predicted octanol–water partition coefficient (Wildman–Crippen LogP) is 8.87. The van der Waals surface area contributed by atoms with Crippen molar-refractivity contribution in [3.8, 4) is 0 Å². The highest BCUT2D eigenvalue weighted by atomic mass is 16.4. The van der Waals surface area contributed by atoms with Crippen LogP contribution in [0.5, 0.6) is 0 Å². The molecule has 340 valence electrons. The average Bonchev–Trinajstić information content (AvgIpc) is 3.98. The number of fused-ring (bicyclic) bond motifs is 2. The summed E-state index contributed by atoms with van der Waals surface area (Å²) in [5, 5.41) is 34.3. The van der Waals surface area contributed by atoms with Gasteiger partial charge < -0.3 is 26.0 Å². The minimum atomic E-state index is -0.988. The van der Waals surface area contributed by atoms with Crippen molar-refractivity contribution < 1.29 is 24.3 Å². The van der Waals surface area contributed by atoms with Crippen molar-refractivity contribution in [3.63, 3.8) is 0 Å². The Morgan fingerprint density at radius 3 is 1.49 bits per heavy atom. The molecule has 10 rings (SSSR count). The predicted molar refractivity (Wildman–Crippen MR) is 254 cm³/mol. The van der Waals surface area contributed by atoms with Gasteiger partial charge in [0, 0.05) is 54.6 Å². The summed E-state index contributed by atoms with van der Waals surface area (Å²) in [7, 11) is 3.22. The lowest BCUT2D eigenvalue weighted by molar-refractivity contribution is 0.0691. The maximum Gasteiger partial charge on any atom is 0.335 e. The van der Waals surface area contributed by atoms with Gasteiger partial charge in [-0.3, -0.25) is 24.6 Å². The molecule has 0 bridgehead atoms. The summed E-state index contributed by atoms with van der Waals surface area (Å²) in [5.74, 6) is 0.753. The summed E-state index contributed by atoms with van der Waals surface area (Å²) in [6.07, 6.45) is 14.9. The fourth-order valence-electron chi connectivity index (χ4n) is 9.87. The van der Waals surface area contributed by atoms with Crippen LogP contribution in [0.3, 0.4) is 0 Å². The number of amides is 3. The van der Waals surface area contributed by atoms with E-state index in [-0.39, 0.29) is 23.3 Å². The number of nitrogens with one attached hydrogen (secondary N) is 5. The summed E-state index contributed by atoms with van der Waals surface area (Å²) < 4.78 is 0. The highest BCUT2D eigenvalue weighted by Gasteiger charge is 2.30. The van der Waals surface area contributed by atoms with E-state index in [4.69, 9.17) is 5.11 Å². The van der Waals surface area contributed by atoms with Gasteiger partial charge in [-0.2, -0.15) is 10.2 Å². The van der Waals surface area contributed by atoms with Crippen molar-refractivity contribution in [3.05, 3.63) is 129 Å². The number of carbonyl (C=O) groups excluding carboxylic acids is 3. The number of nitrogens with zero attached hydrogens (tertiary/aromatic N) is 3. The molecule has 0 unspecified atom stereocenters. The number of benzene rings is 4. The normalized spacial score (nSPS) is 17.0. The number of carboxylic acid groups (broad SMARTS) is 1. The van der Waals surface area contributed by atoms with Crippen molar-refractivity contribution in [1.82, 2.24) is 41.2 Å². The van der Waals surface area contributed by atoms with Crippen LogP contribution in [0.25, 0.3) is 21.8 Å². The van der Waals surface area contributed by atoms with Gasteiger partial charge >= 0.3 is 5.97 Å². The summed E-state index contributed by atoms with van der Waals surface area (Å²) in [5.41, 5.74) is 10.8. The first-order valence-electron chi connectivity index (χ1n) is 23.4. The Labute approximate surface area is 380 Å². The van der Waals surface area contributed by atoms with Crippen molar-refractivity contribution in [1.29, 1.82) is 0 Å². The van der Waals surface area contributed by atoms with E-state index >= 15 is 0 Å². The Hall–Kier alpha value is -6.34. The molecule has 4 aliphatic rings. The fourth-order valence-corrected chi connectivity index (χ4v) is 9.87. The van der Waals surface area contributed by atoms with Crippen LogP contribution in [-0.2, 0) is 0 Å². The fraction of sp³-hybridized carbons (Fsp3) is 0.423. The van der Waals surface area contributed by atoms with Gasteiger partial charge in [0.15, 0.2) is 0 Å². The molecule has 2 aliphatic carbocycles. The molecule has 4 fully saturated rings. The van der Waals surface area contributed by atoms with E-state index in [2.05, 4.69) is 78.8 Å². The second-order valence-corrected chi connectivity index (χ2v) is 18.3. The van der Waals surface area contributed by atoms with E-state index in [0.29, 0.717) is 34.4 Å². The number of rotatable bonds is 8. The molecule has 2 saturated carbocycles. The van der Waals surface area contributed by atoms with Crippen LogP contribution in [0.1, 0.15) is 163 Å². The second-order valence-electron chi connectivity index (χ2n) is 18.3. The number of aromatic carboxylic acids is 1. The van der Waals surface area contributed by atoms with Crippen LogP contribution in [0, 0.1) is 13.8 Å². The Kier molecular flexibility index (Phi) is 14.1. The summed E-state index contributed by atoms with van der Waals surface area (Å²) >= 11 is 0. The van der Waals surface area contributed by atoms with E-state index in [1.807, 2.05) is 36.4 Å². The van der Waals surface area contributed by atoms with E-state index in [9.17, 15) is 19.2 Å². The van der Waals surface area contributed by atoms with Gasteiger partial charge in [0.05, 0.1) is 29.0 Å². The molecule has 3 amide bonds. The number of carbonyl (C=O) groups is 4. The van der Waals surface area contributed by atoms with Gasteiger partial charge in [-0.1, -0.05) is 37.1 Å². The van der Waals surface area contributed by atoms with Gasteiger partial charge in [-0.05, 0) is 172 Å². The van der Waals surface area contributed by atoms with Gasteiger partial charge in [0.1, 0.15) is 0 Å². The molecule has 0 radical (unpaired) electrons. The Balaban J connectivity index is 0.000000147. The molecular weight excluding hydrogens is 817 g/mol. The first kappa shape index (κ1) is 45.2. The van der Waals surface area contributed by atoms with Gasteiger partial charge in [0.25, 0.3) is 17.7 Å². The number of aromatic amines is 2. The maximum absolute atomic E-state index is 13.4. The van der Waals surface area contributed by atoms with E-state index in [1.165, 1.54) is 48.3 Å². The van der Waals surface area contributed by atoms with E-state index in [0.717, 1.165) is 109 Å². The SMILES string of the molecule is CNC(=O)c1cc(C(=O)N2CCC(c3ccc4[nH]ncc4c3)CC2)c(C)cc1C1CCC1.CNC(=O)c1cc(C(=O)O)c(C)cc1C1CCC1.c1cc2[nH]ncc2cc1C1CCNCC1. The van der Waals surface area contributed by atoms with Gasteiger partial charge in [-0.15, -0.1) is 0 Å². The number of aromatic nitrogens is 4. The zero-order chi connectivity index (χ0) is 45.6. The number of hydrogen-bond donors (Lipinski definition) is 6. The van der Waals surface area contributed by atoms with Crippen LogP contribution in [0.2, 0.25) is 0 Å². The Bertz CT molecular complexity index is 2680. The monoisotopic (exact) mass is 878 g/mol. The molecule has 6 N–H and O–H groups in total. The zero-order valence-corrected chi connectivity index (χ0v) is 38.1. The minimum Gasteiger partial charge on any atom is -0.478 e. The molecule has 13 heteroatoms. The molecule has 0 spiro atoms. The molecule has 65 heavy (non-hydrogen) atoms. The molecule has 0 atom stereocenters. The summed E-state index contributed by atoms with van der Waals surface area (Å²) in [6, 6.07) is 20.4. The Morgan fingerprint density at radius 2 is 1.05 bits per heavy atom. The van der Waals surface area contributed by atoms with Crippen LogP contribution in [0.4, 0.5) is 0 Å². The van der Waals surface area contributed by atoms with Crippen molar-refractivity contribution in [2.45, 2.75) is 102 Å². The lowest BCUT2D eigenvalue weighted by atomic mass is 9.77. The first-order chi connectivity index (χ1) is 31.5. The Morgan fingerprint density at radius 1 is 0.585 bits per heavy atom. The average molecular weight is 879 g/mol. The number of aryl methyl sites for hydroxylation is 2. The van der Waals surface area contributed by atoms with Crippen LogP contribution < -0.4 is 16.0 Å². The minimum absolute atomic E-state index is 0.0385. The van der Waals surface area contributed by atoms with E-state index < -0.39 is 5.97 Å². The third kappa shape index (κ3) is 10.00. The number of carboxylic acids is 1. The summed E-state index contributed by atoms with van der Waals surface area (Å²) in [6.45, 7) is 7.52. The number of piperidine rings is 2. The second kappa shape index (κ2) is 20.2. The maximum atomic E-state index is 13.4. The lowest BCUT2D eigenvalue weighted by Crippen LogP contribution is -2.38. The highest BCUT2D eigenvalue weighted by Crippen LogP contribution is 2.41. The quantitative estimate of drug-likeness (QED) is 0.0876. The third-order valence-electron chi connectivity index (χ3n) is 14.3.